The van der Waals surface area contributed by atoms with Gasteiger partial charge in [-0.05, 0) is 58.6 Å². The van der Waals surface area contributed by atoms with E-state index in [1.165, 1.54) is 4.57 Å². The Balaban J connectivity index is 1.35. The van der Waals surface area contributed by atoms with Gasteiger partial charge < -0.3 is 15.8 Å². The van der Waals surface area contributed by atoms with Gasteiger partial charge in [-0.1, -0.05) is 11.6 Å². The highest BCUT2D eigenvalue weighted by Crippen LogP contribution is 2.14. The molecule has 0 aliphatic carbocycles. The van der Waals surface area contributed by atoms with Gasteiger partial charge in [0, 0.05) is 30.6 Å². The SMILES string of the molecule is CC(C)(C)OC(=O)n1cc(CCCCCc2cn(CCNC(=O)c3cc(F)cc(F)c3)nn2)nc1N. The largest absolute Gasteiger partial charge is 0.443 e. The van der Waals surface area contributed by atoms with Crippen LogP contribution in [0.4, 0.5) is 19.5 Å². The van der Waals surface area contributed by atoms with E-state index in [0.29, 0.717) is 19.0 Å². The Bertz CT molecular complexity index is 1180. The number of benzene rings is 1. The lowest BCUT2D eigenvalue weighted by atomic mass is 10.1. The van der Waals surface area contributed by atoms with Gasteiger partial charge in [0.05, 0.1) is 17.9 Å². The fourth-order valence-electron chi connectivity index (χ4n) is 3.45. The molecule has 0 aliphatic rings. The third-order valence-electron chi connectivity index (χ3n) is 5.08. The summed E-state index contributed by atoms with van der Waals surface area (Å²) < 4.78 is 34.6. The van der Waals surface area contributed by atoms with Gasteiger partial charge in [0.25, 0.3) is 5.91 Å². The molecular formula is C24H31F2N7O3. The number of halogens is 2. The lowest BCUT2D eigenvalue weighted by Gasteiger charge is -2.19. The number of aryl methyl sites for hydroxylation is 2. The third kappa shape index (κ3) is 8.14. The summed E-state index contributed by atoms with van der Waals surface area (Å²) in [6.45, 7) is 5.97. The number of carbonyl (C=O) groups excluding carboxylic acids is 2. The number of carbonyl (C=O) groups is 2. The predicted octanol–water partition coefficient (Wildman–Crippen LogP) is 3.50. The summed E-state index contributed by atoms with van der Waals surface area (Å²) >= 11 is 0. The standard InChI is InChI=1S/C24H31F2N7O3/c1-24(2,3)36-23(35)33-15-19(29-22(33)27)7-5-4-6-8-20-14-32(31-30-20)10-9-28-21(34)16-11-17(25)13-18(26)12-16/h11-15H,4-10H2,1-3H3,(H2,27,29)(H,28,34). The number of hydrogen-bond acceptors (Lipinski definition) is 7. The number of anilines is 1. The molecule has 1 aromatic carbocycles. The predicted molar refractivity (Wildman–Crippen MR) is 128 cm³/mol. The lowest BCUT2D eigenvalue weighted by molar-refractivity contribution is 0.0540. The highest BCUT2D eigenvalue weighted by atomic mass is 19.1. The van der Waals surface area contributed by atoms with Crippen LogP contribution in [0.2, 0.25) is 0 Å². The Labute approximate surface area is 207 Å². The number of nitrogens with two attached hydrogens (primary N) is 1. The zero-order valence-electron chi connectivity index (χ0n) is 20.6. The van der Waals surface area contributed by atoms with Crippen molar-refractivity contribution in [1.82, 2.24) is 29.9 Å². The lowest BCUT2D eigenvalue weighted by Crippen LogP contribution is -2.27. The van der Waals surface area contributed by atoms with E-state index in [1.54, 1.807) is 37.8 Å². The van der Waals surface area contributed by atoms with Gasteiger partial charge in [-0.25, -0.2) is 23.1 Å². The van der Waals surface area contributed by atoms with Crippen LogP contribution in [-0.4, -0.2) is 48.7 Å². The van der Waals surface area contributed by atoms with E-state index in [4.69, 9.17) is 10.5 Å². The van der Waals surface area contributed by atoms with E-state index in [1.807, 2.05) is 0 Å². The smallest absolute Gasteiger partial charge is 0.421 e. The Morgan fingerprint density at radius 2 is 1.69 bits per heavy atom. The molecule has 0 unspecified atom stereocenters. The molecule has 2 heterocycles. The number of aromatic nitrogens is 5. The number of nitrogen functional groups attached to an aromatic ring is 1. The molecule has 0 atom stereocenters. The maximum atomic E-state index is 13.2. The second-order valence-electron chi connectivity index (χ2n) is 9.39. The zero-order valence-corrected chi connectivity index (χ0v) is 20.6. The topological polar surface area (TPSA) is 130 Å². The van der Waals surface area contributed by atoms with Crippen LogP contribution in [0, 0.1) is 11.6 Å². The van der Waals surface area contributed by atoms with Crippen molar-refractivity contribution in [2.75, 3.05) is 12.3 Å². The third-order valence-corrected chi connectivity index (χ3v) is 5.08. The minimum atomic E-state index is -0.805. The number of ether oxygens (including phenoxy) is 1. The minimum Gasteiger partial charge on any atom is -0.443 e. The van der Waals surface area contributed by atoms with Crippen LogP contribution in [0.3, 0.4) is 0 Å². The van der Waals surface area contributed by atoms with E-state index >= 15 is 0 Å². The van der Waals surface area contributed by atoms with E-state index in [0.717, 1.165) is 49.2 Å². The molecule has 3 N–H and O–H groups in total. The zero-order chi connectivity index (χ0) is 26.3. The van der Waals surface area contributed by atoms with Crippen molar-refractivity contribution in [1.29, 1.82) is 0 Å². The molecule has 194 valence electrons. The molecule has 0 bridgehead atoms. The Kier molecular flexibility index (Phi) is 8.73. The number of imidazole rings is 1. The summed E-state index contributed by atoms with van der Waals surface area (Å²) in [4.78, 5) is 28.4. The second kappa shape index (κ2) is 11.7. The van der Waals surface area contributed by atoms with Crippen LogP contribution in [0.25, 0.3) is 0 Å². The van der Waals surface area contributed by atoms with Crippen molar-refractivity contribution >= 4 is 17.9 Å². The molecular weight excluding hydrogens is 472 g/mol. The fraction of sp³-hybridized carbons (Fsp3) is 0.458. The van der Waals surface area contributed by atoms with Crippen LogP contribution in [0.5, 0.6) is 0 Å². The summed E-state index contributed by atoms with van der Waals surface area (Å²) in [5, 5.41) is 10.8. The van der Waals surface area contributed by atoms with Crippen molar-refractivity contribution in [2.24, 2.45) is 0 Å². The van der Waals surface area contributed by atoms with Gasteiger partial charge in [0.1, 0.15) is 17.2 Å². The summed E-state index contributed by atoms with van der Waals surface area (Å²) in [6, 6.07) is 2.67. The van der Waals surface area contributed by atoms with Gasteiger partial charge in [-0.3, -0.25) is 9.48 Å². The summed E-state index contributed by atoms with van der Waals surface area (Å²) in [5.41, 5.74) is 6.70. The fourth-order valence-corrected chi connectivity index (χ4v) is 3.45. The number of nitrogens with zero attached hydrogens (tertiary/aromatic N) is 5. The number of hydrogen-bond donors (Lipinski definition) is 2. The number of amides is 1. The van der Waals surface area contributed by atoms with Crippen molar-refractivity contribution in [2.45, 2.75) is 65.0 Å². The maximum Gasteiger partial charge on any atom is 0.421 e. The highest BCUT2D eigenvalue weighted by Gasteiger charge is 2.20. The normalized spacial score (nSPS) is 11.5. The molecule has 0 aliphatic heterocycles. The van der Waals surface area contributed by atoms with Gasteiger partial charge in [0.15, 0.2) is 0 Å². The maximum absolute atomic E-state index is 13.2. The summed E-state index contributed by atoms with van der Waals surface area (Å²) in [5.74, 6) is -2.07. The quantitative estimate of drug-likeness (QED) is 0.405. The van der Waals surface area contributed by atoms with Gasteiger partial charge >= 0.3 is 6.09 Å². The first-order valence-electron chi connectivity index (χ1n) is 11.7. The number of nitrogens with one attached hydrogen (secondary N) is 1. The number of rotatable bonds is 10. The molecule has 10 nitrogen and oxygen atoms in total. The molecule has 12 heteroatoms. The monoisotopic (exact) mass is 503 g/mol. The van der Waals surface area contributed by atoms with Crippen LogP contribution < -0.4 is 11.1 Å². The minimum absolute atomic E-state index is 0.0777. The van der Waals surface area contributed by atoms with Crippen molar-refractivity contribution < 1.29 is 23.1 Å². The summed E-state index contributed by atoms with van der Waals surface area (Å²) in [6.07, 6.45) is 6.96. The van der Waals surface area contributed by atoms with E-state index in [-0.39, 0.29) is 18.1 Å². The Morgan fingerprint density at radius 1 is 1.03 bits per heavy atom. The first-order chi connectivity index (χ1) is 17.0. The Morgan fingerprint density at radius 3 is 2.36 bits per heavy atom. The molecule has 0 fully saturated rings. The van der Waals surface area contributed by atoms with Crippen molar-refractivity contribution in [3.8, 4) is 0 Å². The molecule has 0 saturated heterocycles. The summed E-state index contributed by atoms with van der Waals surface area (Å²) in [7, 11) is 0. The van der Waals surface area contributed by atoms with E-state index < -0.39 is 29.2 Å². The average Bonchev–Trinajstić information content (AvgIpc) is 3.37. The molecule has 2 aromatic heterocycles. The molecule has 0 radical (unpaired) electrons. The van der Waals surface area contributed by atoms with Crippen LogP contribution >= 0.6 is 0 Å². The molecule has 0 spiro atoms. The first kappa shape index (κ1) is 26.8. The first-order valence-corrected chi connectivity index (χ1v) is 11.7. The second-order valence-corrected chi connectivity index (χ2v) is 9.39. The highest BCUT2D eigenvalue weighted by molar-refractivity contribution is 5.94. The Hall–Kier alpha value is -3.83. The molecule has 36 heavy (non-hydrogen) atoms. The van der Waals surface area contributed by atoms with E-state index in [2.05, 4.69) is 20.6 Å². The average molecular weight is 504 g/mol. The van der Waals surface area contributed by atoms with Crippen LogP contribution in [0.1, 0.15) is 61.8 Å². The molecule has 0 saturated carbocycles. The molecule has 3 rings (SSSR count). The van der Waals surface area contributed by atoms with Gasteiger partial charge in [-0.2, -0.15) is 0 Å². The van der Waals surface area contributed by atoms with Crippen molar-refractivity contribution in [3.05, 3.63) is 59.2 Å². The van der Waals surface area contributed by atoms with Crippen LogP contribution in [-0.2, 0) is 24.1 Å². The number of unbranched alkanes of at least 4 members (excludes halogenated alkanes) is 2. The van der Waals surface area contributed by atoms with E-state index in [9.17, 15) is 18.4 Å². The van der Waals surface area contributed by atoms with Gasteiger partial charge in [0.2, 0.25) is 5.95 Å². The molecule has 1 amide bonds. The van der Waals surface area contributed by atoms with Crippen molar-refractivity contribution in [3.63, 3.8) is 0 Å². The molecule has 3 aromatic rings. The van der Waals surface area contributed by atoms with Gasteiger partial charge in [-0.15, -0.1) is 5.10 Å². The van der Waals surface area contributed by atoms with Crippen LogP contribution in [0.15, 0.2) is 30.6 Å².